The number of nitrogens with zero attached hydrogens (tertiary/aromatic N) is 1. The van der Waals surface area contributed by atoms with Crippen LogP contribution < -0.4 is 5.32 Å². The van der Waals surface area contributed by atoms with Gasteiger partial charge in [-0.15, -0.1) is 0 Å². The number of hydrogen-bond acceptors (Lipinski definition) is 4. The first kappa shape index (κ1) is 12.3. The maximum Gasteiger partial charge on any atom is 0.150 e. The minimum absolute atomic E-state index is 0.357. The van der Waals surface area contributed by atoms with Gasteiger partial charge < -0.3 is 10.2 Å². The van der Waals surface area contributed by atoms with Crippen molar-refractivity contribution >= 4 is 9.84 Å². The van der Waals surface area contributed by atoms with Crippen molar-refractivity contribution in [1.82, 2.24) is 10.2 Å². The highest BCUT2D eigenvalue weighted by molar-refractivity contribution is 7.91. The Morgan fingerprint density at radius 1 is 1.31 bits per heavy atom. The van der Waals surface area contributed by atoms with E-state index in [2.05, 4.69) is 17.3 Å². The molecule has 1 saturated carbocycles. The Labute approximate surface area is 98.3 Å². The molecule has 1 heterocycles. The van der Waals surface area contributed by atoms with Gasteiger partial charge in [-0.1, -0.05) is 0 Å². The molecule has 0 aromatic rings. The van der Waals surface area contributed by atoms with Crippen molar-refractivity contribution in [3.8, 4) is 0 Å². The molecular formula is C11H22N2O2S. The van der Waals surface area contributed by atoms with E-state index < -0.39 is 9.84 Å². The molecule has 2 fully saturated rings. The molecule has 2 rings (SSSR count). The van der Waals surface area contributed by atoms with E-state index in [1.165, 1.54) is 12.8 Å². The van der Waals surface area contributed by atoms with E-state index in [0.717, 1.165) is 32.1 Å². The Hall–Kier alpha value is -0.130. The molecule has 1 unspecified atom stereocenters. The van der Waals surface area contributed by atoms with Crippen molar-refractivity contribution in [2.45, 2.75) is 25.3 Å². The summed E-state index contributed by atoms with van der Waals surface area (Å²) in [5.41, 5.74) is 0. The summed E-state index contributed by atoms with van der Waals surface area (Å²) in [4.78, 5) is 2.25. The first-order chi connectivity index (χ1) is 7.55. The average Bonchev–Trinajstić information content (AvgIpc) is 2.92. The molecule has 16 heavy (non-hydrogen) atoms. The maximum absolute atomic E-state index is 11.3. The lowest BCUT2D eigenvalue weighted by Crippen LogP contribution is -2.33. The van der Waals surface area contributed by atoms with Gasteiger partial charge in [0.15, 0.2) is 9.84 Å². The highest BCUT2D eigenvalue weighted by Gasteiger charge is 2.28. The van der Waals surface area contributed by atoms with Crippen LogP contribution in [-0.2, 0) is 9.84 Å². The fourth-order valence-electron chi connectivity index (χ4n) is 2.30. The average molecular weight is 246 g/mol. The molecule has 0 spiro atoms. The second kappa shape index (κ2) is 5.02. The zero-order valence-electron chi connectivity index (χ0n) is 9.98. The molecule has 2 aliphatic rings. The molecule has 0 bridgehead atoms. The third kappa shape index (κ3) is 4.03. The SMILES string of the molecule is CN(CCNC1CC1)CC1CCS(=O)(=O)C1. The molecule has 1 atom stereocenters. The van der Waals surface area contributed by atoms with Crippen LogP contribution in [0.25, 0.3) is 0 Å². The van der Waals surface area contributed by atoms with Crippen LogP contribution >= 0.6 is 0 Å². The summed E-state index contributed by atoms with van der Waals surface area (Å²) in [7, 11) is -0.624. The second-order valence-electron chi connectivity index (χ2n) is 5.26. The monoisotopic (exact) mass is 246 g/mol. The van der Waals surface area contributed by atoms with E-state index in [4.69, 9.17) is 0 Å². The van der Waals surface area contributed by atoms with Crippen molar-refractivity contribution in [1.29, 1.82) is 0 Å². The maximum atomic E-state index is 11.3. The van der Waals surface area contributed by atoms with Crippen LogP contribution in [0.5, 0.6) is 0 Å². The zero-order valence-corrected chi connectivity index (χ0v) is 10.8. The van der Waals surface area contributed by atoms with Crippen molar-refractivity contribution < 1.29 is 8.42 Å². The van der Waals surface area contributed by atoms with E-state index in [1.54, 1.807) is 0 Å². The first-order valence-electron chi connectivity index (χ1n) is 6.17. The quantitative estimate of drug-likeness (QED) is 0.722. The van der Waals surface area contributed by atoms with Gasteiger partial charge in [-0.3, -0.25) is 0 Å². The van der Waals surface area contributed by atoms with Crippen LogP contribution in [0.3, 0.4) is 0 Å². The van der Waals surface area contributed by atoms with Gasteiger partial charge in [0.2, 0.25) is 0 Å². The van der Waals surface area contributed by atoms with E-state index in [9.17, 15) is 8.42 Å². The number of likely N-dealkylation sites (N-methyl/N-ethyl adjacent to an activating group) is 1. The van der Waals surface area contributed by atoms with Gasteiger partial charge in [0.25, 0.3) is 0 Å². The summed E-state index contributed by atoms with van der Waals surface area (Å²) in [5, 5.41) is 3.47. The summed E-state index contributed by atoms with van der Waals surface area (Å²) in [6, 6.07) is 0.764. The van der Waals surface area contributed by atoms with Crippen molar-refractivity contribution in [3.63, 3.8) is 0 Å². The smallest absolute Gasteiger partial charge is 0.150 e. The molecule has 0 amide bonds. The fourth-order valence-corrected chi connectivity index (χ4v) is 4.14. The highest BCUT2D eigenvalue weighted by atomic mass is 32.2. The molecule has 1 aliphatic heterocycles. The highest BCUT2D eigenvalue weighted by Crippen LogP contribution is 2.19. The van der Waals surface area contributed by atoms with Crippen LogP contribution in [0.4, 0.5) is 0 Å². The Morgan fingerprint density at radius 2 is 2.06 bits per heavy atom. The summed E-state index contributed by atoms with van der Waals surface area (Å²) >= 11 is 0. The molecular weight excluding hydrogens is 224 g/mol. The van der Waals surface area contributed by atoms with Gasteiger partial charge in [-0.05, 0) is 32.2 Å². The largest absolute Gasteiger partial charge is 0.313 e. The lowest BCUT2D eigenvalue weighted by atomic mass is 10.1. The minimum Gasteiger partial charge on any atom is -0.313 e. The molecule has 1 aliphatic carbocycles. The standard InChI is InChI=1S/C11H22N2O2S/c1-13(6-5-12-11-2-3-11)8-10-4-7-16(14,15)9-10/h10-12H,2-9H2,1H3. The Bertz CT molecular complexity index is 325. The van der Waals surface area contributed by atoms with Gasteiger partial charge in [0, 0.05) is 25.7 Å². The minimum atomic E-state index is -2.71. The number of rotatable bonds is 6. The topological polar surface area (TPSA) is 49.4 Å². The Kier molecular flexibility index (Phi) is 3.87. The van der Waals surface area contributed by atoms with Crippen molar-refractivity contribution in [3.05, 3.63) is 0 Å². The van der Waals surface area contributed by atoms with E-state index in [1.807, 2.05) is 0 Å². The summed E-state index contributed by atoms with van der Waals surface area (Å²) in [5.74, 6) is 1.15. The normalized spacial score (nSPS) is 28.8. The predicted octanol–water partition coefficient (Wildman–Crippen LogP) is 0.105. The fraction of sp³-hybridized carbons (Fsp3) is 1.00. The van der Waals surface area contributed by atoms with Gasteiger partial charge >= 0.3 is 0 Å². The van der Waals surface area contributed by atoms with Crippen LogP contribution in [0.2, 0.25) is 0 Å². The third-order valence-corrected chi connectivity index (χ3v) is 5.24. The van der Waals surface area contributed by atoms with Crippen LogP contribution in [0.15, 0.2) is 0 Å². The van der Waals surface area contributed by atoms with Gasteiger partial charge in [-0.25, -0.2) is 8.42 Å². The number of sulfone groups is 1. The first-order valence-corrected chi connectivity index (χ1v) is 8.00. The van der Waals surface area contributed by atoms with Crippen LogP contribution in [0.1, 0.15) is 19.3 Å². The molecule has 94 valence electrons. The summed E-state index contributed by atoms with van der Waals surface area (Å²) in [6.07, 6.45) is 3.50. The molecule has 4 nitrogen and oxygen atoms in total. The van der Waals surface area contributed by atoms with Gasteiger partial charge in [0.05, 0.1) is 11.5 Å². The van der Waals surface area contributed by atoms with Crippen LogP contribution in [-0.4, -0.2) is 57.5 Å². The van der Waals surface area contributed by atoms with Crippen molar-refractivity contribution in [2.75, 3.05) is 38.2 Å². The van der Waals surface area contributed by atoms with Gasteiger partial charge in [-0.2, -0.15) is 0 Å². The van der Waals surface area contributed by atoms with Gasteiger partial charge in [0.1, 0.15) is 0 Å². The molecule has 1 saturated heterocycles. The second-order valence-corrected chi connectivity index (χ2v) is 7.49. The summed E-state index contributed by atoms with van der Waals surface area (Å²) in [6.45, 7) is 2.97. The van der Waals surface area contributed by atoms with E-state index in [-0.39, 0.29) is 0 Å². The molecule has 0 aromatic heterocycles. The van der Waals surface area contributed by atoms with Crippen LogP contribution in [0, 0.1) is 5.92 Å². The summed E-state index contributed by atoms with van der Waals surface area (Å²) < 4.78 is 22.6. The van der Waals surface area contributed by atoms with Crippen molar-refractivity contribution in [2.24, 2.45) is 5.92 Å². The molecule has 0 aromatic carbocycles. The Balaban J connectivity index is 1.60. The molecule has 0 radical (unpaired) electrons. The molecule has 1 N–H and O–H groups in total. The third-order valence-electron chi connectivity index (χ3n) is 3.40. The lowest BCUT2D eigenvalue weighted by Gasteiger charge is -2.20. The number of nitrogens with one attached hydrogen (secondary N) is 1. The number of hydrogen-bond donors (Lipinski definition) is 1. The van der Waals surface area contributed by atoms with E-state index in [0.29, 0.717) is 17.4 Å². The zero-order chi connectivity index (χ0) is 11.6. The predicted molar refractivity (Wildman–Crippen MR) is 65.3 cm³/mol. The molecule has 5 heteroatoms. The van der Waals surface area contributed by atoms with E-state index >= 15 is 0 Å². The lowest BCUT2D eigenvalue weighted by molar-refractivity contribution is 0.287. The Morgan fingerprint density at radius 3 is 2.62 bits per heavy atom.